The number of nitrogens with zero attached hydrogens (tertiary/aromatic N) is 3. The summed E-state index contributed by atoms with van der Waals surface area (Å²) in [7, 11) is 0. The van der Waals surface area contributed by atoms with E-state index in [9.17, 15) is 4.79 Å². The number of hydrogen-bond donors (Lipinski definition) is 2. The van der Waals surface area contributed by atoms with Crippen LogP contribution in [0.15, 0.2) is 24.4 Å². The van der Waals surface area contributed by atoms with Gasteiger partial charge in [-0.2, -0.15) is 0 Å². The highest BCUT2D eigenvalue weighted by Crippen LogP contribution is 2.25. The molecule has 2 heterocycles. The number of halogens is 3. The number of hydrogen-bond acceptors (Lipinski definition) is 4. The van der Waals surface area contributed by atoms with Gasteiger partial charge in [0.1, 0.15) is 0 Å². The van der Waals surface area contributed by atoms with Crippen LogP contribution in [0.4, 0.5) is 0 Å². The molecule has 3 rings (SSSR count). The summed E-state index contributed by atoms with van der Waals surface area (Å²) in [5.41, 5.74) is 0.770. The maximum Gasteiger partial charge on any atom is 0.273 e. The van der Waals surface area contributed by atoms with Crippen LogP contribution >= 0.6 is 35.6 Å². The van der Waals surface area contributed by atoms with E-state index in [0.29, 0.717) is 28.2 Å². The Bertz CT molecular complexity index is 787. The second kappa shape index (κ2) is 9.24. The molecule has 6 nitrogen and oxygen atoms in total. The Labute approximate surface area is 175 Å². The molecule has 27 heavy (non-hydrogen) atoms. The third-order valence-electron chi connectivity index (χ3n) is 4.53. The monoisotopic (exact) mass is 431 g/mol. The summed E-state index contributed by atoms with van der Waals surface area (Å²) >= 11 is 12.2. The summed E-state index contributed by atoms with van der Waals surface area (Å²) in [4.78, 5) is 12.6. The number of nitrogens with one attached hydrogen (secondary N) is 2. The van der Waals surface area contributed by atoms with Crippen LogP contribution in [0, 0.1) is 0 Å². The van der Waals surface area contributed by atoms with Crippen molar-refractivity contribution in [2.45, 2.75) is 44.7 Å². The number of piperidine rings is 1. The van der Waals surface area contributed by atoms with Gasteiger partial charge in [-0.25, -0.2) is 4.68 Å². The number of carbonyl (C=O) groups excluding carboxylic acids is 1. The molecule has 1 amide bonds. The zero-order chi connectivity index (χ0) is 18.7. The molecule has 1 aromatic heterocycles. The average Bonchev–Trinajstić information content (AvgIpc) is 3.08. The van der Waals surface area contributed by atoms with E-state index < -0.39 is 5.54 Å². The van der Waals surface area contributed by atoms with Gasteiger partial charge in [-0.1, -0.05) is 34.5 Å². The number of carbonyl (C=O) groups is 1. The average molecular weight is 433 g/mol. The molecule has 1 aromatic carbocycles. The van der Waals surface area contributed by atoms with Crippen molar-refractivity contribution in [3.8, 4) is 0 Å². The molecule has 0 spiro atoms. The fourth-order valence-corrected chi connectivity index (χ4v) is 3.66. The molecule has 1 saturated heterocycles. The molecule has 2 N–H and O–H groups in total. The van der Waals surface area contributed by atoms with Crippen molar-refractivity contribution in [2.75, 3.05) is 13.1 Å². The Balaban J connectivity index is 0.00000261. The minimum absolute atomic E-state index is 0. The maximum absolute atomic E-state index is 12.6. The third kappa shape index (κ3) is 5.82. The molecule has 2 aromatic rings. The predicted octanol–water partition coefficient (Wildman–Crippen LogP) is 3.68. The maximum atomic E-state index is 12.6. The molecule has 1 fully saturated rings. The van der Waals surface area contributed by atoms with Gasteiger partial charge in [-0.05, 0) is 63.9 Å². The lowest BCUT2D eigenvalue weighted by Crippen LogP contribution is -2.45. The van der Waals surface area contributed by atoms with Crippen molar-refractivity contribution in [3.05, 3.63) is 45.7 Å². The van der Waals surface area contributed by atoms with E-state index >= 15 is 0 Å². The van der Waals surface area contributed by atoms with Gasteiger partial charge in [0, 0.05) is 15.6 Å². The first-order valence-electron chi connectivity index (χ1n) is 8.73. The van der Waals surface area contributed by atoms with E-state index in [4.69, 9.17) is 23.2 Å². The molecule has 1 aliphatic rings. The molecule has 0 unspecified atom stereocenters. The minimum atomic E-state index is -0.493. The van der Waals surface area contributed by atoms with Crippen molar-refractivity contribution >= 4 is 41.5 Å². The second-order valence-electron chi connectivity index (χ2n) is 7.32. The van der Waals surface area contributed by atoms with E-state index in [1.165, 1.54) is 0 Å². The molecule has 0 radical (unpaired) electrons. The summed E-state index contributed by atoms with van der Waals surface area (Å²) in [5, 5.41) is 15.7. The smallest absolute Gasteiger partial charge is 0.273 e. The van der Waals surface area contributed by atoms with E-state index in [0.717, 1.165) is 31.5 Å². The van der Waals surface area contributed by atoms with Gasteiger partial charge in [0.25, 0.3) is 5.91 Å². The third-order valence-corrected chi connectivity index (χ3v) is 5.11. The normalized spacial score (nSPS) is 15.3. The van der Waals surface area contributed by atoms with E-state index in [1.54, 1.807) is 23.0 Å². The van der Waals surface area contributed by atoms with Crippen molar-refractivity contribution in [2.24, 2.45) is 0 Å². The molecule has 0 saturated carbocycles. The summed E-state index contributed by atoms with van der Waals surface area (Å²) in [6, 6.07) is 5.68. The summed E-state index contributed by atoms with van der Waals surface area (Å²) in [5.74, 6) is -0.236. The molecule has 1 aliphatic heterocycles. The molecule has 0 aliphatic carbocycles. The van der Waals surface area contributed by atoms with Crippen LogP contribution in [-0.4, -0.2) is 39.5 Å². The lowest BCUT2D eigenvalue weighted by Gasteiger charge is -2.26. The van der Waals surface area contributed by atoms with Crippen LogP contribution in [0.3, 0.4) is 0 Å². The SMILES string of the molecule is CC(C)(Cc1ccc(Cl)cc1Cl)NC(=O)c1cn(C2CCNCC2)nn1.Cl. The first kappa shape index (κ1) is 22.0. The quantitative estimate of drug-likeness (QED) is 0.756. The van der Waals surface area contributed by atoms with Crippen LogP contribution in [0.5, 0.6) is 0 Å². The number of amides is 1. The van der Waals surface area contributed by atoms with Gasteiger partial charge in [-0.15, -0.1) is 17.5 Å². The molecule has 0 bridgehead atoms. The van der Waals surface area contributed by atoms with Gasteiger partial charge < -0.3 is 10.6 Å². The van der Waals surface area contributed by atoms with Crippen LogP contribution in [0.2, 0.25) is 10.0 Å². The Morgan fingerprint density at radius 2 is 2.04 bits per heavy atom. The Kier molecular flexibility index (Phi) is 7.51. The van der Waals surface area contributed by atoms with Gasteiger partial charge in [0.05, 0.1) is 12.2 Å². The van der Waals surface area contributed by atoms with Crippen molar-refractivity contribution in [1.82, 2.24) is 25.6 Å². The molecule has 0 atom stereocenters. The van der Waals surface area contributed by atoms with Crippen molar-refractivity contribution < 1.29 is 4.79 Å². The molecule has 148 valence electrons. The fourth-order valence-electron chi connectivity index (χ4n) is 3.19. The predicted molar refractivity (Wildman–Crippen MR) is 110 cm³/mol. The first-order valence-corrected chi connectivity index (χ1v) is 9.49. The highest BCUT2D eigenvalue weighted by Gasteiger charge is 2.25. The minimum Gasteiger partial charge on any atom is -0.345 e. The first-order chi connectivity index (χ1) is 12.3. The lowest BCUT2D eigenvalue weighted by atomic mass is 9.94. The van der Waals surface area contributed by atoms with Gasteiger partial charge in [-0.3, -0.25) is 4.79 Å². The second-order valence-corrected chi connectivity index (χ2v) is 8.16. The van der Waals surface area contributed by atoms with Gasteiger partial charge in [0.2, 0.25) is 0 Å². The van der Waals surface area contributed by atoms with Crippen molar-refractivity contribution in [3.63, 3.8) is 0 Å². The highest BCUT2D eigenvalue weighted by atomic mass is 35.5. The Morgan fingerprint density at radius 1 is 1.33 bits per heavy atom. The number of benzene rings is 1. The van der Waals surface area contributed by atoms with Gasteiger partial charge in [0.15, 0.2) is 5.69 Å². The zero-order valence-electron chi connectivity index (χ0n) is 15.3. The van der Waals surface area contributed by atoms with Crippen LogP contribution < -0.4 is 10.6 Å². The topological polar surface area (TPSA) is 71.8 Å². The van der Waals surface area contributed by atoms with E-state index in [-0.39, 0.29) is 18.3 Å². The summed E-state index contributed by atoms with van der Waals surface area (Å²) in [6.45, 7) is 5.82. The van der Waals surface area contributed by atoms with Gasteiger partial charge >= 0.3 is 0 Å². The number of rotatable bonds is 5. The lowest BCUT2D eigenvalue weighted by molar-refractivity contribution is 0.0907. The molecular formula is C18H24Cl3N5O. The van der Waals surface area contributed by atoms with Crippen LogP contribution in [0.1, 0.15) is 48.8 Å². The van der Waals surface area contributed by atoms with Crippen molar-refractivity contribution in [1.29, 1.82) is 0 Å². The molecular weight excluding hydrogens is 409 g/mol. The number of aromatic nitrogens is 3. The standard InChI is InChI=1S/C18H23Cl2N5O.ClH/c1-18(2,10-12-3-4-13(19)9-15(12)20)22-17(26)16-11-25(24-23-16)14-5-7-21-8-6-14;/h3-4,9,11,14,21H,5-8,10H2,1-2H3,(H,22,26);1H. The van der Waals surface area contributed by atoms with E-state index in [2.05, 4.69) is 20.9 Å². The molecule has 9 heteroatoms. The fraction of sp³-hybridized carbons (Fsp3) is 0.500. The van der Waals surface area contributed by atoms with Crippen LogP contribution in [0.25, 0.3) is 0 Å². The Hall–Kier alpha value is -1.34. The van der Waals surface area contributed by atoms with E-state index in [1.807, 2.05) is 19.9 Å². The Morgan fingerprint density at radius 3 is 2.70 bits per heavy atom. The van der Waals surface area contributed by atoms with Crippen LogP contribution in [-0.2, 0) is 6.42 Å². The zero-order valence-corrected chi connectivity index (χ0v) is 17.7. The largest absolute Gasteiger partial charge is 0.345 e. The summed E-state index contributed by atoms with van der Waals surface area (Å²) in [6.07, 6.45) is 4.30. The summed E-state index contributed by atoms with van der Waals surface area (Å²) < 4.78 is 1.80. The highest BCUT2D eigenvalue weighted by molar-refractivity contribution is 6.35.